The van der Waals surface area contributed by atoms with E-state index in [0.29, 0.717) is 0 Å². The first-order valence-electron chi connectivity index (χ1n) is 10.3. The maximum atomic E-state index is 10.2. The van der Waals surface area contributed by atoms with E-state index in [1.165, 1.54) is 64.2 Å². The van der Waals surface area contributed by atoms with Crippen LogP contribution in [0.15, 0.2) is 12.2 Å². The zero-order valence-corrected chi connectivity index (χ0v) is 18.5. The van der Waals surface area contributed by atoms with Crippen molar-refractivity contribution in [1.29, 1.82) is 0 Å². The molecule has 0 unspecified atom stereocenters. The summed E-state index contributed by atoms with van der Waals surface area (Å²) in [7, 11) is 0. The number of aliphatic hydroxyl groups is 3. The number of aliphatic carboxylic acids is 1. The van der Waals surface area contributed by atoms with Crippen LogP contribution >= 0.6 is 0 Å². The standard InChI is InChI=1S/C18H34O2.C3H8O3.Ag/c1-2-3-4-5-6-7-8-9-10-11-12-13-14-15-16-17-18(19)20;4-1-3(6)2-5;/h9-10H,2-8,11-17H2,1H3,(H,19,20);3-6H,1-2H2;/q;;+1/p-1. The number of carbonyl (C=O) groups excluding carboxylic acids is 1. The molecule has 0 aromatic heterocycles. The van der Waals surface area contributed by atoms with Crippen LogP contribution < -0.4 is 5.11 Å². The fraction of sp³-hybridized carbons (Fsp3) is 0.857. The molecule has 0 amide bonds. The van der Waals surface area contributed by atoms with E-state index >= 15 is 0 Å². The molecular weight excluding hydrogens is 440 g/mol. The number of allylic oxidation sites excluding steroid dienone is 2. The summed E-state index contributed by atoms with van der Waals surface area (Å²) in [6.07, 6.45) is 19.9. The van der Waals surface area contributed by atoms with Crippen molar-refractivity contribution in [3.8, 4) is 0 Å². The van der Waals surface area contributed by atoms with Gasteiger partial charge in [0.05, 0.1) is 13.2 Å². The average molecular weight is 481 g/mol. The van der Waals surface area contributed by atoms with E-state index in [1.807, 2.05) is 0 Å². The molecule has 0 aliphatic rings. The van der Waals surface area contributed by atoms with E-state index in [2.05, 4.69) is 19.1 Å². The second-order valence-electron chi connectivity index (χ2n) is 6.73. The Morgan fingerprint density at radius 3 is 1.59 bits per heavy atom. The van der Waals surface area contributed by atoms with Crippen LogP contribution in [0.3, 0.4) is 0 Å². The Bertz CT molecular complexity index is 307. The molecule has 0 bridgehead atoms. The molecule has 5 nitrogen and oxygen atoms in total. The minimum atomic E-state index is -0.954. The quantitative estimate of drug-likeness (QED) is 0.168. The summed E-state index contributed by atoms with van der Waals surface area (Å²) >= 11 is 0. The van der Waals surface area contributed by atoms with E-state index in [9.17, 15) is 9.90 Å². The monoisotopic (exact) mass is 480 g/mol. The zero-order chi connectivity index (χ0) is 19.9. The third kappa shape index (κ3) is 33.8. The van der Waals surface area contributed by atoms with Gasteiger partial charge in [0.25, 0.3) is 0 Å². The van der Waals surface area contributed by atoms with Crippen LogP contribution in [0.1, 0.15) is 96.8 Å². The number of hydrogen-bond acceptors (Lipinski definition) is 5. The van der Waals surface area contributed by atoms with E-state index in [-0.39, 0.29) is 42.0 Å². The summed E-state index contributed by atoms with van der Waals surface area (Å²) in [5.74, 6) is -0.914. The molecule has 0 rings (SSSR count). The molecule has 0 saturated carbocycles. The van der Waals surface area contributed by atoms with Crippen molar-refractivity contribution in [2.75, 3.05) is 13.2 Å². The molecule has 0 fully saturated rings. The van der Waals surface area contributed by atoms with Crippen LogP contribution in [-0.2, 0) is 27.2 Å². The number of rotatable bonds is 17. The third-order valence-corrected chi connectivity index (χ3v) is 4.06. The smallest absolute Gasteiger partial charge is 0.550 e. The van der Waals surface area contributed by atoms with E-state index in [0.717, 1.165) is 19.3 Å². The van der Waals surface area contributed by atoms with Gasteiger partial charge < -0.3 is 25.2 Å². The molecule has 0 aromatic rings. The predicted octanol–water partition coefficient (Wildman–Crippen LogP) is 3.10. The minimum absolute atomic E-state index is 0. The van der Waals surface area contributed by atoms with Crippen molar-refractivity contribution >= 4 is 5.97 Å². The number of unbranched alkanes of at least 4 members (excludes halogenated alkanes) is 11. The Labute approximate surface area is 181 Å². The number of carbonyl (C=O) groups is 1. The van der Waals surface area contributed by atoms with Crippen molar-refractivity contribution in [3.63, 3.8) is 0 Å². The maximum absolute atomic E-state index is 10.2. The van der Waals surface area contributed by atoms with E-state index in [4.69, 9.17) is 15.3 Å². The Balaban J connectivity index is -0.000000709. The van der Waals surface area contributed by atoms with Gasteiger partial charge in [0.1, 0.15) is 6.10 Å². The van der Waals surface area contributed by atoms with Gasteiger partial charge in [-0.1, -0.05) is 70.4 Å². The van der Waals surface area contributed by atoms with Crippen LogP contribution in [0.4, 0.5) is 0 Å². The van der Waals surface area contributed by atoms with Crippen LogP contribution in [0.5, 0.6) is 0 Å². The Kier molecular flexibility index (Phi) is 32.7. The molecule has 0 heterocycles. The molecule has 0 aromatic carbocycles. The van der Waals surface area contributed by atoms with E-state index < -0.39 is 12.1 Å². The van der Waals surface area contributed by atoms with Gasteiger partial charge in [-0.15, -0.1) is 0 Å². The summed E-state index contributed by atoms with van der Waals surface area (Å²) in [5.41, 5.74) is 0. The molecule has 0 radical (unpaired) electrons. The number of hydrogen-bond donors (Lipinski definition) is 3. The van der Waals surface area contributed by atoms with Gasteiger partial charge in [-0.25, -0.2) is 0 Å². The Morgan fingerprint density at radius 1 is 0.815 bits per heavy atom. The summed E-state index contributed by atoms with van der Waals surface area (Å²) < 4.78 is 0. The normalized spacial score (nSPS) is 10.6. The molecule has 0 atom stereocenters. The van der Waals surface area contributed by atoms with Gasteiger partial charge in [-0.3, -0.25) is 0 Å². The zero-order valence-electron chi connectivity index (χ0n) is 17.0. The fourth-order valence-corrected chi connectivity index (χ4v) is 2.40. The number of carboxylic acid groups (broad SMARTS) is 1. The number of carboxylic acids is 1. The fourth-order valence-electron chi connectivity index (χ4n) is 2.40. The maximum Gasteiger partial charge on any atom is 1.00 e. The van der Waals surface area contributed by atoms with Crippen LogP contribution in [0, 0.1) is 0 Å². The van der Waals surface area contributed by atoms with Gasteiger partial charge in [0.15, 0.2) is 0 Å². The molecule has 0 aliphatic carbocycles. The van der Waals surface area contributed by atoms with Gasteiger partial charge in [0.2, 0.25) is 0 Å². The van der Waals surface area contributed by atoms with Gasteiger partial charge >= 0.3 is 22.4 Å². The van der Waals surface area contributed by atoms with Gasteiger partial charge in [0, 0.05) is 5.97 Å². The van der Waals surface area contributed by atoms with Crippen molar-refractivity contribution in [1.82, 2.24) is 0 Å². The topological polar surface area (TPSA) is 101 Å². The first-order chi connectivity index (χ1) is 12.6. The van der Waals surface area contributed by atoms with Crippen molar-refractivity contribution < 1.29 is 47.6 Å². The Hall–Kier alpha value is -0.170. The molecule has 3 N–H and O–H groups in total. The van der Waals surface area contributed by atoms with Crippen molar-refractivity contribution in [2.45, 2.75) is 103 Å². The molecule has 0 spiro atoms. The van der Waals surface area contributed by atoms with Crippen molar-refractivity contribution in [2.24, 2.45) is 0 Å². The average Bonchev–Trinajstić information content (AvgIpc) is 2.64. The predicted molar refractivity (Wildman–Crippen MR) is 105 cm³/mol. The molecule has 0 aliphatic heterocycles. The third-order valence-electron chi connectivity index (χ3n) is 4.06. The Morgan fingerprint density at radius 2 is 1.22 bits per heavy atom. The molecule has 0 saturated heterocycles. The molecular formula is C21H41AgO5. The first-order valence-corrected chi connectivity index (χ1v) is 10.3. The number of aliphatic hydroxyl groups excluding tert-OH is 3. The largest absolute Gasteiger partial charge is 1.00 e. The summed E-state index contributed by atoms with van der Waals surface area (Å²) in [5, 5.41) is 34.2. The van der Waals surface area contributed by atoms with Gasteiger partial charge in [-0.05, 0) is 38.5 Å². The molecule has 166 valence electrons. The first kappa shape index (κ1) is 31.5. The SMILES string of the molecule is CCCCCCCCC=CCCCCCCCC(=O)[O-].OCC(O)CO.[Ag+]. The van der Waals surface area contributed by atoms with Crippen LogP contribution in [0.2, 0.25) is 0 Å². The second kappa shape index (κ2) is 28.0. The van der Waals surface area contributed by atoms with Gasteiger partial charge in [-0.2, -0.15) is 0 Å². The van der Waals surface area contributed by atoms with Crippen molar-refractivity contribution in [3.05, 3.63) is 12.2 Å². The van der Waals surface area contributed by atoms with Crippen LogP contribution in [-0.4, -0.2) is 40.6 Å². The molecule has 6 heteroatoms. The van der Waals surface area contributed by atoms with E-state index in [1.54, 1.807) is 0 Å². The molecule has 27 heavy (non-hydrogen) atoms. The summed E-state index contributed by atoms with van der Waals surface area (Å²) in [6, 6.07) is 0. The minimum Gasteiger partial charge on any atom is -0.550 e. The second-order valence-corrected chi connectivity index (χ2v) is 6.73. The summed E-state index contributed by atoms with van der Waals surface area (Å²) in [4.78, 5) is 10.2. The summed E-state index contributed by atoms with van der Waals surface area (Å²) in [6.45, 7) is 1.53. The van der Waals surface area contributed by atoms with Crippen LogP contribution in [0.25, 0.3) is 0 Å².